The van der Waals surface area contributed by atoms with E-state index in [0.717, 1.165) is 29.2 Å². The van der Waals surface area contributed by atoms with Gasteiger partial charge in [0.15, 0.2) is 11.5 Å². The van der Waals surface area contributed by atoms with Crippen LogP contribution in [0.5, 0.6) is 0 Å². The number of nitrogens with two attached hydrogens (primary N) is 1. The Morgan fingerprint density at radius 2 is 2.20 bits per heavy atom. The standard InChI is InChI=1S/C14H16N6/c15-5-7-19-8-12(17-9-19)14-18-11-2-1-6-16-13(11)20(14)10-3-4-10/h1-2,6,8-10H,3-5,7,15H2. The molecule has 4 rings (SSSR count). The van der Waals surface area contributed by atoms with Gasteiger partial charge in [-0.3, -0.25) is 0 Å². The summed E-state index contributed by atoms with van der Waals surface area (Å²) >= 11 is 0. The molecule has 0 aliphatic heterocycles. The molecule has 6 nitrogen and oxygen atoms in total. The van der Waals surface area contributed by atoms with Crippen LogP contribution in [0.3, 0.4) is 0 Å². The van der Waals surface area contributed by atoms with Crippen LogP contribution < -0.4 is 5.73 Å². The molecule has 0 aromatic carbocycles. The van der Waals surface area contributed by atoms with E-state index in [4.69, 9.17) is 10.7 Å². The van der Waals surface area contributed by atoms with E-state index < -0.39 is 0 Å². The molecule has 0 unspecified atom stereocenters. The van der Waals surface area contributed by atoms with Crippen molar-refractivity contribution in [1.82, 2.24) is 24.1 Å². The van der Waals surface area contributed by atoms with Crippen molar-refractivity contribution < 1.29 is 0 Å². The van der Waals surface area contributed by atoms with E-state index in [-0.39, 0.29) is 0 Å². The lowest BCUT2D eigenvalue weighted by Gasteiger charge is -2.04. The summed E-state index contributed by atoms with van der Waals surface area (Å²) in [6, 6.07) is 4.44. The van der Waals surface area contributed by atoms with Crippen LogP contribution in [0.4, 0.5) is 0 Å². The van der Waals surface area contributed by atoms with Gasteiger partial charge >= 0.3 is 0 Å². The third-order valence-electron chi connectivity index (χ3n) is 3.61. The molecular formula is C14H16N6. The molecule has 102 valence electrons. The topological polar surface area (TPSA) is 74.6 Å². The first kappa shape index (κ1) is 11.6. The molecule has 20 heavy (non-hydrogen) atoms. The van der Waals surface area contributed by atoms with Crippen molar-refractivity contribution >= 4 is 11.2 Å². The summed E-state index contributed by atoms with van der Waals surface area (Å²) in [5, 5.41) is 0. The average molecular weight is 268 g/mol. The van der Waals surface area contributed by atoms with Crippen LogP contribution in [-0.2, 0) is 6.54 Å². The lowest BCUT2D eigenvalue weighted by Crippen LogP contribution is -2.07. The first-order valence-corrected chi connectivity index (χ1v) is 6.92. The van der Waals surface area contributed by atoms with Crippen LogP contribution >= 0.6 is 0 Å². The number of rotatable bonds is 4. The zero-order valence-electron chi connectivity index (χ0n) is 11.1. The second-order valence-corrected chi connectivity index (χ2v) is 5.17. The van der Waals surface area contributed by atoms with Crippen LogP contribution in [0, 0.1) is 0 Å². The molecule has 0 radical (unpaired) electrons. The number of aromatic nitrogens is 5. The molecule has 3 heterocycles. The Morgan fingerprint density at radius 3 is 3.00 bits per heavy atom. The highest BCUT2D eigenvalue weighted by molar-refractivity contribution is 5.76. The normalized spacial score (nSPS) is 15.1. The quantitative estimate of drug-likeness (QED) is 0.779. The van der Waals surface area contributed by atoms with Crippen molar-refractivity contribution in [2.24, 2.45) is 5.73 Å². The molecule has 0 amide bonds. The van der Waals surface area contributed by atoms with Gasteiger partial charge in [-0.25, -0.2) is 15.0 Å². The highest BCUT2D eigenvalue weighted by Gasteiger charge is 2.29. The maximum atomic E-state index is 5.58. The van der Waals surface area contributed by atoms with Crippen molar-refractivity contribution in [3.05, 3.63) is 30.9 Å². The Labute approximate surface area is 116 Å². The fraction of sp³-hybridized carbons (Fsp3) is 0.357. The van der Waals surface area contributed by atoms with E-state index in [1.807, 2.05) is 35.4 Å². The number of imidazole rings is 2. The minimum Gasteiger partial charge on any atom is -0.335 e. The molecule has 0 atom stereocenters. The van der Waals surface area contributed by atoms with Gasteiger partial charge < -0.3 is 14.9 Å². The van der Waals surface area contributed by atoms with Gasteiger partial charge in [-0.1, -0.05) is 0 Å². The number of nitrogens with zero attached hydrogens (tertiary/aromatic N) is 5. The van der Waals surface area contributed by atoms with Crippen LogP contribution in [0.25, 0.3) is 22.7 Å². The monoisotopic (exact) mass is 268 g/mol. The highest BCUT2D eigenvalue weighted by Crippen LogP contribution is 2.40. The van der Waals surface area contributed by atoms with E-state index in [9.17, 15) is 0 Å². The molecule has 1 aliphatic rings. The molecule has 1 fully saturated rings. The fourth-order valence-electron chi connectivity index (χ4n) is 2.54. The van der Waals surface area contributed by atoms with E-state index in [2.05, 4.69) is 14.5 Å². The Bertz CT molecular complexity index is 752. The Balaban J connectivity index is 1.87. The number of pyridine rings is 1. The molecular weight excluding hydrogens is 252 g/mol. The van der Waals surface area contributed by atoms with Crippen molar-refractivity contribution in [2.75, 3.05) is 6.54 Å². The van der Waals surface area contributed by atoms with Crippen molar-refractivity contribution in [3.8, 4) is 11.5 Å². The minimum absolute atomic E-state index is 0.518. The average Bonchev–Trinajstić information content (AvgIpc) is 3.07. The van der Waals surface area contributed by atoms with E-state index in [1.165, 1.54) is 12.8 Å². The van der Waals surface area contributed by atoms with Crippen LogP contribution in [0.15, 0.2) is 30.9 Å². The molecule has 6 heteroatoms. The molecule has 3 aromatic heterocycles. The number of hydrogen-bond donors (Lipinski definition) is 1. The third kappa shape index (κ3) is 1.80. The Morgan fingerprint density at radius 1 is 1.30 bits per heavy atom. The summed E-state index contributed by atoms with van der Waals surface area (Å²) in [4.78, 5) is 13.7. The Kier molecular flexibility index (Phi) is 2.56. The lowest BCUT2D eigenvalue weighted by atomic mass is 10.4. The van der Waals surface area contributed by atoms with Crippen LogP contribution in [0.2, 0.25) is 0 Å². The molecule has 0 saturated heterocycles. The smallest absolute Gasteiger partial charge is 0.162 e. The van der Waals surface area contributed by atoms with Crippen LogP contribution in [-0.4, -0.2) is 30.6 Å². The summed E-state index contributed by atoms with van der Waals surface area (Å²) in [7, 11) is 0. The highest BCUT2D eigenvalue weighted by atomic mass is 15.2. The van der Waals surface area contributed by atoms with Crippen molar-refractivity contribution in [3.63, 3.8) is 0 Å². The van der Waals surface area contributed by atoms with Gasteiger partial charge in [-0.05, 0) is 25.0 Å². The maximum Gasteiger partial charge on any atom is 0.162 e. The van der Waals surface area contributed by atoms with E-state index in [1.54, 1.807) is 0 Å². The lowest BCUT2D eigenvalue weighted by molar-refractivity contribution is 0.707. The second kappa shape index (κ2) is 4.42. The number of hydrogen-bond acceptors (Lipinski definition) is 4. The predicted molar refractivity (Wildman–Crippen MR) is 76.1 cm³/mol. The Hall–Kier alpha value is -2.21. The summed E-state index contributed by atoms with van der Waals surface area (Å²) in [6.45, 7) is 1.38. The van der Waals surface area contributed by atoms with Gasteiger partial charge in [-0.2, -0.15) is 0 Å². The van der Waals surface area contributed by atoms with Crippen molar-refractivity contribution in [2.45, 2.75) is 25.4 Å². The summed E-state index contributed by atoms with van der Waals surface area (Å²) in [5.41, 5.74) is 8.36. The van der Waals surface area contributed by atoms with E-state index >= 15 is 0 Å². The predicted octanol–water partition coefficient (Wildman–Crippen LogP) is 1.59. The fourth-order valence-corrected chi connectivity index (χ4v) is 2.54. The van der Waals surface area contributed by atoms with Gasteiger partial charge in [0.25, 0.3) is 0 Å². The SMILES string of the molecule is NCCn1cnc(-c2nc3cccnc3n2C2CC2)c1. The van der Waals surface area contributed by atoms with Gasteiger partial charge in [-0.15, -0.1) is 0 Å². The second-order valence-electron chi connectivity index (χ2n) is 5.17. The molecule has 0 bridgehead atoms. The van der Waals surface area contributed by atoms with Gasteiger partial charge in [0.1, 0.15) is 11.2 Å². The molecule has 0 spiro atoms. The zero-order valence-corrected chi connectivity index (χ0v) is 11.1. The van der Waals surface area contributed by atoms with Crippen LogP contribution in [0.1, 0.15) is 18.9 Å². The molecule has 3 aromatic rings. The molecule has 2 N–H and O–H groups in total. The molecule has 1 saturated carbocycles. The summed E-state index contributed by atoms with van der Waals surface area (Å²) in [5.74, 6) is 0.914. The van der Waals surface area contributed by atoms with Crippen molar-refractivity contribution in [1.29, 1.82) is 0 Å². The largest absolute Gasteiger partial charge is 0.335 e. The molecule has 1 aliphatic carbocycles. The summed E-state index contributed by atoms with van der Waals surface area (Å²) < 4.78 is 4.23. The minimum atomic E-state index is 0.518. The maximum absolute atomic E-state index is 5.58. The third-order valence-corrected chi connectivity index (χ3v) is 3.61. The van der Waals surface area contributed by atoms with E-state index in [0.29, 0.717) is 12.6 Å². The zero-order chi connectivity index (χ0) is 13.5. The number of fused-ring (bicyclic) bond motifs is 1. The van der Waals surface area contributed by atoms with Gasteiger partial charge in [0.05, 0.1) is 6.33 Å². The first-order chi connectivity index (χ1) is 9.86. The summed E-state index contributed by atoms with van der Waals surface area (Å²) in [6.07, 6.45) is 8.02. The van der Waals surface area contributed by atoms with Gasteiger partial charge in [0.2, 0.25) is 0 Å². The van der Waals surface area contributed by atoms with Gasteiger partial charge in [0, 0.05) is 31.5 Å². The first-order valence-electron chi connectivity index (χ1n) is 6.92.